The summed E-state index contributed by atoms with van der Waals surface area (Å²) in [6, 6.07) is 0. The Hall–Kier alpha value is -1.79. The molecule has 0 spiro atoms. The second-order valence-corrected chi connectivity index (χ2v) is 4.34. The summed E-state index contributed by atoms with van der Waals surface area (Å²) in [5.41, 5.74) is 0. The average Bonchev–Trinajstić information content (AvgIpc) is 2.38. The number of hydrogen-bond donors (Lipinski definition) is 6. The Kier molecular flexibility index (Phi) is 15.4. The van der Waals surface area contributed by atoms with Crippen molar-refractivity contribution in [3.63, 3.8) is 0 Å². The van der Waals surface area contributed by atoms with E-state index in [2.05, 4.69) is 0 Å². The van der Waals surface area contributed by atoms with E-state index < -0.39 is 17.9 Å². The van der Waals surface area contributed by atoms with E-state index in [0.29, 0.717) is 0 Å². The van der Waals surface area contributed by atoms with Crippen LogP contribution >= 0.6 is 0 Å². The maximum Gasteiger partial charge on any atom is 0.317 e. The molecular formula is C12H24N2O9. The molecule has 0 aliphatic heterocycles. The van der Waals surface area contributed by atoms with Gasteiger partial charge >= 0.3 is 17.9 Å². The zero-order chi connectivity index (χ0) is 18.3. The third-order valence-corrected chi connectivity index (χ3v) is 2.33. The molecule has 0 aromatic carbocycles. The predicted molar refractivity (Wildman–Crippen MR) is 77.0 cm³/mol. The molecular weight excluding hydrogens is 316 g/mol. The summed E-state index contributed by atoms with van der Waals surface area (Å²) in [6.45, 7) is -0.680. The van der Waals surface area contributed by atoms with Gasteiger partial charge in [-0.1, -0.05) is 0 Å². The molecule has 0 radical (unpaired) electrons. The highest BCUT2D eigenvalue weighted by atomic mass is 16.4. The van der Waals surface area contributed by atoms with Gasteiger partial charge < -0.3 is 30.6 Å². The summed E-state index contributed by atoms with van der Waals surface area (Å²) in [5.74, 6) is -3.17. The van der Waals surface area contributed by atoms with Crippen LogP contribution in [0.15, 0.2) is 0 Å². The molecule has 0 rings (SSSR count). The van der Waals surface area contributed by atoms with Crippen LogP contribution in [-0.2, 0) is 14.4 Å². The van der Waals surface area contributed by atoms with Crippen LogP contribution in [0.4, 0.5) is 0 Å². The Labute approximate surface area is 133 Å². The lowest BCUT2D eigenvalue weighted by atomic mass is 10.4. The van der Waals surface area contributed by atoms with Gasteiger partial charge in [0.05, 0.1) is 39.5 Å². The summed E-state index contributed by atoms with van der Waals surface area (Å²) in [7, 11) is 0. The molecule has 11 nitrogen and oxygen atoms in total. The van der Waals surface area contributed by atoms with E-state index in [4.69, 9.17) is 30.6 Å². The largest absolute Gasteiger partial charge is 0.480 e. The molecule has 0 aliphatic rings. The molecule has 11 heteroatoms. The third kappa shape index (κ3) is 18.2. The van der Waals surface area contributed by atoms with Crippen molar-refractivity contribution in [3.05, 3.63) is 0 Å². The summed E-state index contributed by atoms with van der Waals surface area (Å²) in [4.78, 5) is 33.0. The van der Waals surface area contributed by atoms with E-state index in [1.807, 2.05) is 0 Å². The fourth-order valence-corrected chi connectivity index (χ4v) is 1.48. The standard InChI is InChI=1S/C6H11NO5.C6H13NO4/c8-2-1-7(3-5(9)10)4-6(11)12;8-3-1-7(2-4-9)5-6(10)11/h8H,1-4H2,(H,9,10)(H,11,12);8-9H,1-5H2,(H,10,11). The van der Waals surface area contributed by atoms with E-state index in [0.717, 1.165) is 4.90 Å². The summed E-state index contributed by atoms with van der Waals surface area (Å²) in [5, 5.41) is 50.3. The first-order chi connectivity index (χ1) is 10.8. The van der Waals surface area contributed by atoms with Crippen molar-refractivity contribution in [3.8, 4) is 0 Å². The van der Waals surface area contributed by atoms with Crippen molar-refractivity contribution < 1.29 is 45.0 Å². The maximum absolute atomic E-state index is 10.2. The first-order valence-electron chi connectivity index (χ1n) is 6.69. The van der Waals surface area contributed by atoms with Crippen molar-refractivity contribution in [2.24, 2.45) is 0 Å². The minimum atomic E-state index is -1.11. The van der Waals surface area contributed by atoms with Crippen LogP contribution in [-0.4, -0.2) is 117 Å². The van der Waals surface area contributed by atoms with E-state index in [-0.39, 0.29) is 59.1 Å². The Morgan fingerprint density at radius 3 is 1.09 bits per heavy atom. The van der Waals surface area contributed by atoms with Crippen LogP contribution < -0.4 is 0 Å². The molecule has 0 saturated heterocycles. The van der Waals surface area contributed by atoms with Crippen LogP contribution in [0.3, 0.4) is 0 Å². The lowest BCUT2D eigenvalue weighted by Gasteiger charge is -2.16. The van der Waals surface area contributed by atoms with Gasteiger partial charge in [-0.15, -0.1) is 0 Å². The Morgan fingerprint density at radius 1 is 0.565 bits per heavy atom. The van der Waals surface area contributed by atoms with Crippen LogP contribution in [0.5, 0.6) is 0 Å². The highest BCUT2D eigenvalue weighted by molar-refractivity contribution is 5.72. The number of rotatable bonds is 12. The molecule has 0 aromatic rings. The minimum Gasteiger partial charge on any atom is -0.480 e. The van der Waals surface area contributed by atoms with E-state index >= 15 is 0 Å². The summed E-state index contributed by atoms with van der Waals surface area (Å²) in [6.07, 6.45) is 0. The average molecular weight is 340 g/mol. The number of hydrogen-bond acceptors (Lipinski definition) is 8. The van der Waals surface area contributed by atoms with E-state index in [1.165, 1.54) is 4.90 Å². The highest BCUT2D eigenvalue weighted by Crippen LogP contribution is 1.87. The van der Waals surface area contributed by atoms with Gasteiger partial charge in [0.15, 0.2) is 0 Å². The van der Waals surface area contributed by atoms with E-state index in [1.54, 1.807) is 0 Å². The van der Waals surface area contributed by atoms with Crippen molar-refractivity contribution in [1.29, 1.82) is 0 Å². The molecule has 6 N–H and O–H groups in total. The van der Waals surface area contributed by atoms with Crippen LogP contribution in [0.2, 0.25) is 0 Å². The molecule has 0 amide bonds. The molecule has 0 bridgehead atoms. The number of carboxylic acid groups (broad SMARTS) is 3. The lowest BCUT2D eigenvalue weighted by Crippen LogP contribution is -2.36. The third-order valence-electron chi connectivity index (χ3n) is 2.33. The zero-order valence-electron chi connectivity index (χ0n) is 12.7. The second-order valence-electron chi connectivity index (χ2n) is 4.34. The molecule has 0 atom stereocenters. The first-order valence-corrected chi connectivity index (χ1v) is 6.69. The molecule has 0 aliphatic carbocycles. The van der Waals surface area contributed by atoms with E-state index in [9.17, 15) is 14.4 Å². The number of carboxylic acids is 3. The maximum atomic E-state index is 10.2. The van der Waals surface area contributed by atoms with Crippen molar-refractivity contribution in [1.82, 2.24) is 9.80 Å². The normalized spacial score (nSPS) is 10.3. The Bertz CT molecular complexity index is 329. The SMILES string of the molecule is O=C(O)CN(CCO)CC(=O)O.O=C(O)CN(CCO)CCO. The molecule has 0 fully saturated rings. The smallest absolute Gasteiger partial charge is 0.317 e. The second kappa shape index (κ2) is 15.1. The van der Waals surface area contributed by atoms with Gasteiger partial charge in [0.2, 0.25) is 0 Å². The molecule has 0 unspecified atom stereocenters. The number of nitrogens with zero attached hydrogens (tertiary/aromatic N) is 2. The number of carbonyl (C=O) groups is 3. The lowest BCUT2D eigenvalue weighted by molar-refractivity contribution is -0.142. The van der Waals surface area contributed by atoms with Gasteiger partial charge in [0.1, 0.15) is 0 Å². The highest BCUT2D eigenvalue weighted by Gasteiger charge is 2.11. The molecule has 0 saturated carbocycles. The summed E-state index contributed by atoms with van der Waals surface area (Å²) >= 11 is 0. The quantitative estimate of drug-likeness (QED) is 0.211. The van der Waals surface area contributed by atoms with Gasteiger partial charge in [-0.05, 0) is 0 Å². The van der Waals surface area contributed by atoms with Crippen LogP contribution in [0.25, 0.3) is 0 Å². The monoisotopic (exact) mass is 340 g/mol. The minimum absolute atomic E-state index is 0.0542. The number of aliphatic hydroxyl groups is 3. The molecule has 0 aromatic heterocycles. The molecule has 23 heavy (non-hydrogen) atoms. The summed E-state index contributed by atoms with van der Waals surface area (Å²) < 4.78 is 0. The van der Waals surface area contributed by atoms with Crippen molar-refractivity contribution >= 4 is 17.9 Å². The number of aliphatic hydroxyl groups excluding tert-OH is 3. The van der Waals surface area contributed by atoms with Crippen molar-refractivity contribution in [2.45, 2.75) is 0 Å². The molecule has 136 valence electrons. The van der Waals surface area contributed by atoms with Gasteiger partial charge in [0.25, 0.3) is 0 Å². The van der Waals surface area contributed by atoms with Crippen LogP contribution in [0.1, 0.15) is 0 Å². The first kappa shape index (κ1) is 23.5. The fourth-order valence-electron chi connectivity index (χ4n) is 1.48. The zero-order valence-corrected chi connectivity index (χ0v) is 12.7. The van der Waals surface area contributed by atoms with Crippen LogP contribution in [0, 0.1) is 0 Å². The van der Waals surface area contributed by atoms with Gasteiger partial charge in [-0.3, -0.25) is 24.2 Å². The molecule has 0 heterocycles. The fraction of sp³-hybridized carbons (Fsp3) is 0.750. The Morgan fingerprint density at radius 2 is 0.826 bits per heavy atom. The van der Waals surface area contributed by atoms with Crippen molar-refractivity contribution in [2.75, 3.05) is 59.1 Å². The Balaban J connectivity index is 0. The topological polar surface area (TPSA) is 179 Å². The predicted octanol–water partition coefficient (Wildman–Crippen LogP) is -3.19. The van der Waals surface area contributed by atoms with Gasteiger partial charge in [0, 0.05) is 19.6 Å². The van der Waals surface area contributed by atoms with Gasteiger partial charge in [-0.25, -0.2) is 0 Å². The number of aliphatic carboxylic acids is 3. The van der Waals surface area contributed by atoms with Gasteiger partial charge in [-0.2, -0.15) is 0 Å².